The number of anilines is 1. The Kier molecular flexibility index (Phi) is 5.82. The van der Waals surface area contributed by atoms with E-state index < -0.39 is 0 Å². The first-order valence-electron chi connectivity index (χ1n) is 7.54. The van der Waals surface area contributed by atoms with Gasteiger partial charge in [0, 0.05) is 25.2 Å². The van der Waals surface area contributed by atoms with Gasteiger partial charge in [-0.3, -0.25) is 4.79 Å². The summed E-state index contributed by atoms with van der Waals surface area (Å²) in [4.78, 5) is 18.8. The molecule has 0 aromatic carbocycles. The second-order valence-electron chi connectivity index (χ2n) is 5.35. The van der Waals surface area contributed by atoms with E-state index in [4.69, 9.17) is 11.6 Å². The zero-order chi connectivity index (χ0) is 15.2. The molecule has 1 aromatic rings. The van der Waals surface area contributed by atoms with E-state index in [2.05, 4.69) is 27.4 Å². The molecule has 21 heavy (non-hydrogen) atoms. The maximum absolute atomic E-state index is 12.2. The third kappa shape index (κ3) is 4.58. The molecule has 1 saturated heterocycles. The van der Waals surface area contributed by atoms with Gasteiger partial charge in [-0.25, -0.2) is 4.98 Å². The minimum absolute atomic E-state index is 0.0894. The number of halogens is 1. The van der Waals surface area contributed by atoms with Gasteiger partial charge in [0.05, 0.1) is 0 Å². The summed E-state index contributed by atoms with van der Waals surface area (Å²) in [5, 5.41) is 6.40. The van der Waals surface area contributed by atoms with Gasteiger partial charge in [0.15, 0.2) is 0 Å². The topological polar surface area (TPSA) is 57.3 Å². The minimum Gasteiger partial charge on any atom is -0.370 e. The molecule has 0 aliphatic carbocycles. The first kappa shape index (κ1) is 16.0. The average molecular weight is 311 g/mol. The van der Waals surface area contributed by atoms with E-state index in [1.54, 1.807) is 12.1 Å². The standard InChI is InChI=1S/C15H23ClN4O/c1-3-17-14-8-12(7-13(16)19-14)15(21)18-9-11-5-6-20(4-2)10-11/h7-8,11H,3-6,9-10H2,1-2H3,(H,17,19)(H,18,21). The van der Waals surface area contributed by atoms with E-state index in [1.165, 1.54) is 0 Å². The highest BCUT2D eigenvalue weighted by Gasteiger charge is 2.21. The number of pyridine rings is 1. The number of carbonyl (C=O) groups excluding carboxylic acids is 1. The molecule has 116 valence electrons. The van der Waals surface area contributed by atoms with Crippen LogP contribution in [0.1, 0.15) is 30.6 Å². The van der Waals surface area contributed by atoms with E-state index >= 15 is 0 Å². The molecule has 1 aliphatic rings. The Morgan fingerprint density at radius 1 is 1.48 bits per heavy atom. The Bertz CT molecular complexity index is 495. The Morgan fingerprint density at radius 2 is 2.29 bits per heavy atom. The number of nitrogens with one attached hydrogen (secondary N) is 2. The van der Waals surface area contributed by atoms with Crippen molar-refractivity contribution in [2.45, 2.75) is 20.3 Å². The molecule has 0 saturated carbocycles. The molecule has 2 rings (SSSR count). The van der Waals surface area contributed by atoms with Crippen molar-refractivity contribution in [3.63, 3.8) is 0 Å². The van der Waals surface area contributed by atoms with Crippen LogP contribution in [-0.4, -0.2) is 48.5 Å². The van der Waals surface area contributed by atoms with Crippen LogP contribution in [0.15, 0.2) is 12.1 Å². The molecule has 5 nitrogen and oxygen atoms in total. The van der Waals surface area contributed by atoms with E-state index in [-0.39, 0.29) is 5.91 Å². The van der Waals surface area contributed by atoms with Gasteiger partial charge in [-0.05, 0) is 44.5 Å². The molecule has 1 atom stereocenters. The molecule has 1 amide bonds. The predicted molar refractivity (Wildman–Crippen MR) is 86.0 cm³/mol. The molecule has 0 bridgehead atoms. The van der Waals surface area contributed by atoms with Crippen LogP contribution in [0.5, 0.6) is 0 Å². The van der Waals surface area contributed by atoms with Crippen LogP contribution in [0.25, 0.3) is 0 Å². The second-order valence-corrected chi connectivity index (χ2v) is 5.74. The summed E-state index contributed by atoms with van der Waals surface area (Å²) in [5.74, 6) is 1.08. The van der Waals surface area contributed by atoms with Gasteiger partial charge in [-0.15, -0.1) is 0 Å². The first-order chi connectivity index (χ1) is 10.1. The highest BCUT2D eigenvalue weighted by Crippen LogP contribution is 2.16. The quantitative estimate of drug-likeness (QED) is 0.791. The molecule has 1 aliphatic heterocycles. The SMILES string of the molecule is CCNc1cc(C(=O)NCC2CCN(CC)C2)cc(Cl)n1. The Labute approximate surface area is 131 Å². The highest BCUT2D eigenvalue weighted by atomic mass is 35.5. The lowest BCUT2D eigenvalue weighted by Gasteiger charge is -2.14. The lowest BCUT2D eigenvalue weighted by atomic mass is 10.1. The third-order valence-corrected chi connectivity index (χ3v) is 3.98. The first-order valence-corrected chi connectivity index (χ1v) is 7.92. The van der Waals surface area contributed by atoms with Crippen LogP contribution in [-0.2, 0) is 0 Å². The normalized spacial score (nSPS) is 18.7. The van der Waals surface area contributed by atoms with Crippen LogP contribution >= 0.6 is 11.6 Å². The number of amides is 1. The van der Waals surface area contributed by atoms with Crippen LogP contribution < -0.4 is 10.6 Å². The van der Waals surface area contributed by atoms with Gasteiger partial charge in [-0.2, -0.15) is 0 Å². The summed E-state index contributed by atoms with van der Waals surface area (Å²) < 4.78 is 0. The molecule has 0 radical (unpaired) electrons. The van der Waals surface area contributed by atoms with Crippen molar-refractivity contribution in [3.8, 4) is 0 Å². The molecule has 1 fully saturated rings. The number of rotatable bonds is 6. The zero-order valence-electron chi connectivity index (χ0n) is 12.7. The van der Waals surface area contributed by atoms with Crippen LogP contribution in [0.3, 0.4) is 0 Å². The number of aromatic nitrogens is 1. The third-order valence-electron chi connectivity index (χ3n) is 3.78. The maximum Gasteiger partial charge on any atom is 0.251 e. The summed E-state index contributed by atoms with van der Waals surface area (Å²) >= 11 is 5.96. The minimum atomic E-state index is -0.0894. The summed E-state index contributed by atoms with van der Waals surface area (Å²) in [7, 11) is 0. The van der Waals surface area contributed by atoms with Gasteiger partial charge < -0.3 is 15.5 Å². The van der Waals surface area contributed by atoms with Crippen molar-refractivity contribution in [1.29, 1.82) is 0 Å². The monoisotopic (exact) mass is 310 g/mol. The fraction of sp³-hybridized carbons (Fsp3) is 0.600. The zero-order valence-corrected chi connectivity index (χ0v) is 13.4. The van der Waals surface area contributed by atoms with E-state index in [1.807, 2.05) is 6.92 Å². The fourth-order valence-corrected chi connectivity index (χ4v) is 2.81. The van der Waals surface area contributed by atoms with Gasteiger partial charge in [0.25, 0.3) is 5.91 Å². The highest BCUT2D eigenvalue weighted by molar-refractivity contribution is 6.29. The number of carbonyl (C=O) groups is 1. The summed E-state index contributed by atoms with van der Waals surface area (Å²) in [5.41, 5.74) is 0.552. The predicted octanol–water partition coefficient (Wildman–Crippen LogP) is 2.24. The molecule has 0 spiro atoms. The largest absolute Gasteiger partial charge is 0.370 e. The molecular weight excluding hydrogens is 288 g/mol. The van der Waals surface area contributed by atoms with Crippen molar-refractivity contribution in [2.75, 3.05) is 38.0 Å². The van der Waals surface area contributed by atoms with Gasteiger partial charge in [-0.1, -0.05) is 18.5 Å². The number of likely N-dealkylation sites (tertiary alicyclic amines) is 1. The Balaban J connectivity index is 1.91. The van der Waals surface area contributed by atoms with Gasteiger partial charge in [0.1, 0.15) is 11.0 Å². The average Bonchev–Trinajstić information content (AvgIpc) is 2.92. The molecule has 2 N–H and O–H groups in total. The number of nitrogens with zero attached hydrogens (tertiary/aromatic N) is 2. The molecular formula is C15H23ClN4O. The van der Waals surface area contributed by atoms with Crippen molar-refractivity contribution >= 4 is 23.3 Å². The Morgan fingerprint density at radius 3 is 2.95 bits per heavy atom. The lowest BCUT2D eigenvalue weighted by Crippen LogP contribution is -2.31. The van der Waals surface area contributed by atoms with Gasteiger partial charge >= 0.3 is 0 Å². The summed E-state index contributed by atoms with van der Waals surface area (Å²) in [6.07, 6.45) is 1.15. The van der Waals surface area contributed by atoms with Crippen LogP contribution in [0.4, 0.5) is 5.82 Å². The van der Waals surface area contributed by atoms with E-state index in [0.29, 0.717) is 29.0 Å². The lowest BCUT2D eigenvalue weighted by molar-refractivity contribution is 0.0947. The smallest absolute Gasteiger partial charge is 0.251 e. The summed E-state index contributed by atoms with van der Waals surface area (Å²) in [6, 6.07) is 3.34. The van der Waals surface area contributed by atoms with Crippen molar-refractivity contribution in [2.24, 2.45) is 5.92 Å². The van der Waals surface area contributed by atoms with Crippen molar-refractivity contribution < 1.29 is 4.79 Å². The number of hydrogen-bond donors (Lipinski definition) is 2. The fourth-order valence-electron chi connectivity index (χ4n) is 2.61. The summed E-state index contributed by atoms with van der Waals surface area (Å²) in [6.45, 7) is 8.87. The van der Waals surface area contributed by atoms with Crippen molar-refractivity contribution in [1.82, 2.24) is 15.2 Å². The van der Waals surface area contributed by atoms with Gasteiger partial charge in [0.2, 0.25) is 0 Å². The molecule has 6 heteroatoms. The Hall–Kier alpha value is -1.33. The van der Waals surface area contributed by atoms with Crippen molar-refractivity contribution in [3.05, 3.63) is 22.8 Å². The van der Waals surface area contributed by atoms with E-state index in [0.717, 1.165) is 32.6 Å². The van der Waals surface area contributed by atoms with Crippen LogP contribution in [0, 0.1) is 5.92 Å². The maximum atomic E-state index is 12.2. The molecule has 2 heterocycles. The number of hydrogen-bond acceptors (Lipinski definition) is 4. The van der Waals surface area contributed by atoms with E-state index in [9.17, 15) is 4.79 Å². The molecule has 1 aromatic heterocycles. The second kappa shape index (κ2) is 7.61. The molecule has 1 unspecified atom stereocenters. The van der Waals surface area contributed by atoms with Crippen LogP contribution in [0.2, 0.25) is 5.15 Å².